The molecule has 0 aliphatic rings. The van der Waals surface area contributed by atoms with E-state index in [2.05, 4.69) is 15.5 Å². The standard InChI is InChI=1S/C16H11ClFN3O2S/c17-11-3-1-4-12(18)10(11)9-24-15-7-6-14(20-21-15)19-16(22)13-5-2-8-23-13/h1-8H,9H2,(H,19,20,22). The molecule has 24 heavy (non-hydrogen) atoms. The molecule has 0 radical (unpaired) electrons. The summed E-state index contributed by atoms with van der Waals surface area (Å²) < 4.78 is 18.7. The molecular weight excluding hydrogens is 353 g/mol. The number of hydrogen-bond acceptors (Lipinski definition) is 5. The molecule has 1 aromatic carbocycles. The predicted molar refractivity (Wildman–Crippen MR) is 89.7 cm³/mol. The third kappa shape index (κ3) is 3.93. The van der Waals surface area contributed by atoms with Crippen LogP contribution < -0.4 is 5.32 Å². The molecule has 122 valence electrons. The molecule has 2 heterocycles. The van der Waals surface area contributed by atoms with Crippen molar-refractivity contribution in [2.45, 2.75) is 10.8 Å². The monoisotopic (exact) mass is 363 g/mol. The van der Waals surface area contributed by atoms with Crippen molar-refractivity contribution in [3.8, 4) is 0 Å². The van der Waals surface area contributed by atoms with Gasteiger partial charge in [-0.05, 0) is 36.4 Å². The lowest BCUT2D eigenvalue weighted by molar-refractivity contribution is 0.0996. The number of anilines is 1. The Bertz CT molecular complexity index is 821. The van der Waals surface area contributed by atoms with E-state index in [0.29, 0.717) is 27.2 Å². The van der Waals surface area contributed by atoms with Gasteiger partial charge in [-0.2, -0.15) is 0 Å². The van der Waals surface area contributed by atoms with Gasteiger partial charge in [-0.15, -0.1) is 10.2 Å². The molecular formula is C16H11ClFN3O2S. The lowest BCUT2D eigenvalue weighted by atomic mass is 10.2. The maximum atomic E-state index is 13.7. The van der Waals surface area contributed by atoms with Crippen LogP contribution in [0, 0.1) is 5.82 Å². The second-order valence-electron chi connectivity index (χ2n) is 4.68. The van der Waals surface area contributed by atoms with Gasteiger partial charge in [-0.1, -0.05) is 29.4 Å². The number of amides is 1. The van der Waals surface area contributed by atoms with Gasteiger partial charge in [-0.25, -0.2) is 4.39 Å². The largest absolute Gasteiger partial charge is 0.459 e. The fourth-order valence-electron chi connectivity index (χ4n) is 1.87. The molecule has 0 aliphatic carbocycles. The number of benzene rings is 1. The van der Waals surface area contributed by atoms with Gasteiger partial charge >= 0.3 is 0 Å². The van der Waals surface area contributed by atoms with Crippen LogP contribution >= 0.6 is 23.4 Å². The predicted octanol–water partition coefficient (Wildman–Crippen LogP) is 4.41. The number of aromatic nitrogens is 2. The van der Waals surface area contributed by atoms with Crippen molar-refractivity contribution in [1.82, 2.24) is 10.2 Å². The third-order valence-electron chi connectivity index (χ3n) is 3.05. The highest BCUT2D eigenvalue weighted by molar-refractivity contribution is 7.98. The van der Waals surface area contributed by atoms with Crippen molar-refractivity contribution in [2.75, 3.05) is 5.32 Å². The second-order valence-corrected chi connectivity index (χ2v) is 6.08. The molecule has 0 fully saturated rings. The normalized spacial score (nSPS) is 10.6. The Morgan fingerprint density at radius 2 is 2.08 bits per heavy atom. The summed E-state index contributed by atoms with van der Waals surface area (Å²) >= 11 is 7.28. The lowest BCUT2D eigenvalue weighted by Gasteiger charge is -2.06. The number of halogens is 2. The van der Waals surface area contributed by atoms with Gasteiger partial charge in [0.15, 0.2) is 11.6 Å². The number of furan rings is 1. The average molecular weight is 364 g/mol. The molecule has 2 aromatic heterocycles. The van der Waals surface area contributed by atoms with E-state index in [4.69, 9.17) is 16.0 Å². The summed E-state index contributed by atoms with van der Waals surface area (Å²) in [5.74, 6) is 0.0467. The first-order chi connectivity index (χ1) is 11.6. The summed E-state index contributed by atoms with van der Waals surface area (Å²) in [7, 11) is 0. The fourth-order valence-corrected chi connectivity index (χ4v) is 3.02. The van der Waals surface area contributed by atoms with Crippen LogP contribution in [-0.2, 0) is 5.75 Å². The van der Waals surface area contributed by atoms with Crippen molar-refractivity contribution >= 4 is 35.1 Å². The van der Waals surface area contributed by atoms with Gasteiger partial charge in [0.25, 0.3) is 5.91 Å². The minimum atomic E-state index is -0.409. The Morgan fingerprint density at radius 3 is 2.75 bits per heavy atom. The molecule has 1 amide bonds. The van der Waals surface area contributed by atoms with E-state index >= 15 is 0 Å². The summed E-state index contributed by atoms with van der Waals surface area (Å²) in [6.07, 6.45) is 1.41. The van der Waals surface area contributed by atoms with Crippen molar-refractivity contribution in [3.05, 3.63) is 70.9 Å². The van der Waals surface area contributed by atoms with Crippen LogP contribution in [0.1, 0.15) is 16.1 Å². The van der Waals surface area contributed by atoms with Gasteiger partial charge in [-0.3, -0.25) is 4.79 Å². The summed E-state index contributed by atoms with van der Waals surface area (Å²) in [5, 5.41) is 11.4. The molecule has 1 N–H and O–H groups in total. The maximum absolute atomic E-state index is 13.7. The first-order valence-electron chi connectivity index (χ1n) is 6.88. The molecule has 0 saturated carbocycles. The van der Waals surface area contributed by atoms with Gasteiger partial charge in [0.05, 0.1) is 6.26 Å². The van der Waals surface area contributed by atoms with Gasteiger partial charge in [0, 0.05) is 16.3 Å². The zero-order valence-electron chi connectivity index (χ0n) is 12.2. The van der Waals surface area contributed by atoms with Crippen LogP contribution in [0.5, 0.6) is 0 Å². The fraction of sp³-hybridized carbons (Fsp3) is 0.0625. The van der Waals surface area contributed by atoms with E-state index in [0.717, 1.165) is 0 Å². The highest BCUT2D eigenvalue weighted by atomic mass is 35.5. The molecule has 0 spiro atoms. The number of rotatable bonds is 5. The second kappa shape index (κ2) is 7.46. The number of carbonyl (C=O) groups is 1. The highest BCUT2D eigenvalue weighted by Gasteiger charge is 2.11. The SMILES string of the molecule is O=C(Nc1ccc(SCc2c(F)cccc2Cl)nn1)c1ccco1. The van der Waals surface area contributed by atoms with E-state index in [1.54, 1.807) is 36.4 Å². The van der Waals surface area contributed by atoms with Gasteiger partial charge < -0.3 is 9.73 Å². The van der Waals surface area contributed by atoms with Crippen molar-refractivity contribution in [1.29, 1.82) is 0 Å². The summed E-state index contributed by atoms with van der Waals surface area (Å²) in [6.45, 7) is 0. The first-order valence-corrected chi connectivity index (χ1v) is 8.24. The minimum Gasteiger partial charge on any atom is -0.459 e. The van der Waals surface area contributed by atoms with E-state index < -0.39 is 5.91 Å². The molecule has 3 aromatic rings. The van der Waals surface area contributed by atoms with Gasteiger partial charge in [0.2, 0.25) is 0 Å². The molecule has 3 rings (SSSR count). The molecule has 0 aliphatic heterocycles. The quantitative estimate of drug-likeness (QED) is 0.680. The topological polar surface area (TPSA) is 68.0 Å². The summed E-state index contributed by atoms with van der Waals surface area (Å²) in [6, 6.07) is 11.0. The Morgan fingerprint density at radius 1 is 1.21 bits per heavy atom. The van der Waals surface area contributed by atoms with Crippen LogP contribution in [0.25, 0.3) is 0 Å². The van der Waals surface area contributed by atoms with Crippen LogP contribution in [0.2, 0.25) is 5.02 Å². The Hall–Kier alpha value is -2.38. The van der Waals surface area contributed by atoms with E-state index in [9.17, 15) is 9.18 Å². The number of nitrogens with zero attached hydrogens (tertiary/aromatic N) is 2. The van der Waals surface area contributed by atoms with Crippen LogP contribution in [0.3, 0.4) is 0 Å². The molecule has 0 unspecified atom stereocenters. The number of nitrogens with one attached hydrogen (secondary N) is 1. The van der Waals surface area contributed by atoms with Crippen LogP contribution in [-0.4, -0.2) is 16.1 Å². The smallest absolute Gasteiger partial charge is 0.292 e. The van der Waals surface area contributed by atoms with E-state index in [1.165, 1.54) is 24.1 Å². The zero-order valence-corrected chi connectivity index (χ0v) is 13.8. The number of thioether (sulfide) groups is 1. The number of hydrogen-bond donors (Lipinski definition) is 1. The highest BCUT2D eigenvalue weighted by Crippen LogP contribution is 2.27. The molecule has 8 heteroatoms. The number of carbonyl (C=O) groups excluding carboxylic acids is 1. The molecule has 0 atom stereocenters. The Labute approximate surface area is 146 Å². The molecule has 0 saturated heterocycles. The Balaban J connectivity index is 1.61. The summed E-state index contributed by atoms with van der Waals surface area (Å²) in [4.78, 5) is 11.8. The molecule has 5 nitrogen and oxygen atoms in total. The maximum Gasteiger partial charge on any atom is 0.292 e. The van der Waals surface area contributed by atoms with Crippen molar-refractivity contribution in [2.24, 2.45) is 0 Å². The van der Waals surface area contributed by atoms with Crippen molar-refractivity contribution < 1.29 is 13.6 Å². The zero-order chi connectivity index (χ0) is 16.9. The van der Waals surface area contributed by atoms with E-state index in [1.807, 2.05) is 0 Å². The van der Waals surface area contributed by atoms with Crippen LogP contribution in [0.4, 0.5) is 10.2 Å². The van der Waals surface area contributed by atoms with Crippen LogP contribution in [0.15, 0.2) is 58.2 Å². The van der Waals surface area contributed by atoms with E-state index in [-0.39, 0.29) is 11.6 Å². The first kappa shape index (κ1) is 16.5. The minimum absolute atomic E-state index is 0.185. The van der Waals surface area contributed by atoms with Crippen molar-refractivity contribution in [3.63, 3.8) is 0 Å². The lowest BCUT2D eigenvalue weighted by Crippen LogP contribution is -2.12. The Kier molecular flexibility index (Phi) is 5.12. The van der Waals surface area contributed by atoms with Gasteiger partial charge in [0.1, 0.15) is 10.8 Å². The molecule has 0 bridgehead atoms. The third-order valence-corrected chi connectivity index (χ3v) is 4.35. The average Bonchev–Trinajstić information content (AvgIpc) is 3.10. The summed E-state index contributed by atoms with van der Waals surface area (Å²) in [5.41, 5.74) is 0.418.